The van der Waals surface area contributed by atoms with Crippen molar-refractivity contribution in [3.8, 4) is 0 Å². The summed E-state index contributed by atoms with van der Waals surface area (Å²) in [5.41, 5.74) is 0.849. The van der Waals surface area contributed by atoms with Crippen LogP contribution in [0.4, 0.5) is 5.69 Å². The van der Waals surface area contributed by atoms with Gasteiger partial charge in [0.15, 0.2) is 5.76 Å². The van der Waals surface area contributed by atoms with E-state index in [0.717, 1.165) is 10.6 Å². The van der Waals surface area contributed by atoms with Crippen LogP contribution in [0, 0.1) is 0 Å². The molecule has 0 bridgehead atoms. The first kappa shape index (κ1) is 17.6. The standard InChI is InChI=1S/C19H22N2O3S/c22-18(11-12-20-19(23)16-9-5-13-24-16)21-15-8-3-4-10-17(15)25-14-6-1-2-7-14/h3-5,8-10,13-14H,1-2,6-7,11-12H2,(H,20,23)(H,21,22). The lowest BCUT2D eigenvalue weighted by Gasteiger charge is -2.14. The normalized spacial score (nSPS) is 14.4. The maximum Gasteiger partial charge on any atom is 0.286 e. The minimum absolute atomic E-state index is 0.112. The van der Waals surface area contributed by atoms with Crippen molar-refractivity contribution in [3.63, 3.8) is 0 Å². The van der Waals surface area contributed by atoms with E-state index in [9.17, 15) is 9.59 Å². The van der Waals surface area contributed by atoms with Crippen molar-refractivity contribution in [3.05, 3.63) is 48.4 Å². The molecule has 25 heavy (non-hydrogen) atoms. The fraction of sp³-hybridized carbons (Fsp3) is 0.368. The van der Waals surface area contributed by atoms with Gasteiger partial charge in [0, 0.05) is 23.1 Å². The van der Waals surface area contributed by atoms with Crippen LogP contribution in [0.25, 0.3) is 0 Å². The Morgan fingerprint density at radius 3 is 2.68 bits per heavy atom. The molecule has 1 saturated carbocycles. The number of furan rings is 1. The molecule has 0 atom stereocenters. The molecular weight excluding hydrogens is 336 g/mol. The third-order valence-corrected chi connectivity index (χ3v) is 5.55. The number of benzene rings is 1. The molecule has 0 unspecified atom stereocenters. The fourth-order valence-electron chi connectivity index (χ4n) is 2.86. The Balaban J connectivity index is 1.48. The summed E-state index contributed by atoms with van der Waals surface area (Å²) in [6.07, 6.45) is 6.73. The van der Waals surface area contributed by atoms with Gasteiger partial charge in [-0.1, -0.05) is 25.0 Å². The first-order valence-corrected chi connectivity index (χ1v) is 9.47. The van der Waals surface area contributed by atoms with Crippen LogP contribution in [0.1, 0.15) is 42.7 Å². The molecule has 1 aliphatic carbocycles. The van der Waals surface area contributed by atoms with Gasteiger partial charge < -0.3 is 15.1 Å². The van der Waals surface area contributed by atoms with E-state index in [1.807, 2.05) is 30.0 Å². The molecule has 1 fully saturated rings. The predicted octanol–water partition coefficient (Wildman–Crippen LogP) is 4.07. The summed E-state index contributed by atoms with van der Waals surface area (Å²) < 4.78 is 5.01. The van der Waals surface area contributed by atoms with Crippen LogP contribution in [0.15, 0.2) is 52.0 Å². The lowest BCUT2D eigenvalue weighted by molar-refractivity contribution is -0.116. The van der Waals surface area contributed by atoms with Gasteiger partial charge in [-0.15, -0.1) is 11.8 Å². The molecular formula is C19H22N2O3S. The van der Waals surface area contributed by atoms with Gasteiger partial charge in [0.1, 0.15) is 0 Å². The molecule has 0 radical (unpaired) electrons. The first-order chi connectivity index (χ1) is 12.2. The number of para-hydroxylation sites is 1. The van der Waals surface area contributed by atoms with Crippen LogP contribution in [0.5, 0.6) is 0 Å². The summed E-state index contributed by atoms with van der Waals surface area (Å²) in [5, 5.41) is 6.28. The molecule has 1 aromatic heterocycles. The van der Waals surface area contributed by atoms with E-state index in [1.165, 1.54) is 31.9 Å². The molecule has 0 aliphatic heterocycles. The first-order valence-electron chi connectivity index (χ1n) is 8.59. The van der Waals surface area contributed by atoms with Crippen LogP contribution in [-0.4, -0.2) is 23.6 Å². The Morgan fingerprint density at radius 2 is 1.92 bits per heavy atom. The molecule has 2 N–H and O–H groups in total. The van der Waals surface area contributed by atoms with E-state index in [2.05, 4.69) is 16.7 Å². The second-order valence-corrected chi connectivity index (χ2v) is 7.39. The minimum Gasteiger partial charge on any atom is -0.459 e. The van der Waals surface area contributed by atoms with Crippen molar-refractivity contribution in [2.24, 2.45) is 0 Å². The molecule has 0 saturated heterocycles. The summed E-state index contributed by atoms with van der Waals surface area (Å²) in [7, 11) is 0. The largest absolute Gasteiger partial charge is 0.459 e. The van der Waals surface area contributed by atoms with Gasteiger partial charge in [-0.2, -0.15) is 0 Å². The summed E-state index contributed by atoms with van der Waals surface area (Å²) in [6.45, 7) is 0.267. The summed E-state index contributed by atoms with van der Waals surface area (Å²) in [5.74, 6) is -0.173. The zero-order valence-corrected chi connectivity index (χ0v) is 14.8. The molecule has 3 rings (SSSR count). The molecule has 2 amide bonds. The van der Waals surface area contributed by atoms with Crippen LogP contribution in [-0.2, 0) is 4.79 Å². The maximum atomic E-state index is 12.2. The lowest BCUT2D eigenvalue weighted by atomic mass is 10.3. The van der Waals surface area contributed by atoms with Gasteiger partial charge in [0.25, 0.3) is 5.91 Å². The lowest BCUT2D eigenvalue weighted by Crippen LogP contribution is -2.27. The Hall–Kier alpha value is -2.21. The number of carbonyl (C=O) groups is 2. The zero-order valence-electron chi connectivity index (χ0n) is 14.0. The quantitative estimate of drug-likeness (QED) is 0.782. The van der Waals surface area contributed by atoms with E-state index in [4.69, 9.17) is 4.42 Å². The van der Waals surface area contributed by atoms with E-state index < -0.39 is 0 Å². The minimum atomic E-state index is -0.310. The number of amides is 2. The van der Waals surface area contributed by atoms with Gasteiger partial charge in [-0.05, 0) is 37.1 Å². The number of anilines is 1. The third-order valence-electron chi connectivity index (χ3n) is 4.14. The number of nitrogens with one attached hydrogen (secondary N) is 2. The van der Waals surface area contributed by atoms with E-state index >= 15 is 0 Å². The summed E-state index contributed by atoms with van der Waals surface area (Å²) in [4.78, 5) is 25.0. The summed E-state index contributed by atoms with van der Waals surface area (Å²) >= 11 is 1.85. The van der Waals surface area contributed by atoms with Crippen molar-refractivity contribution in [1.82, 2.24) is 5.32 Å². The molecule has 0 spiro atoms. The van der Waals surface area contributed by atoms with E-state index in [-0.39, 0.29) is 30.5 Å². The number of hydrogen-bond acceptors (Lipinski definition) is 4. The Labute approximate surface area is 151 Å². The van der Waals surface area contributed by atoms with Gasteiger partial charge in [0.2, 0.25) is 5.91 Å². The molecule has 1 aromatic carbocycles. The van der Waals surface area contributed by atoms with Crippen molar-refractivity contribution >= 4 is 29.3 Å². The molecule has 6 heteroatoms. The van der Waals surface area contributed by atoms with Crippen molar-refractivity contribution in [1.29, 1.82) is 0 Å². The average Bonchev–Trinajstić information content (AvgIpc) is 3.30. The van der Waals surface area contributed by atoms with Crippen LogP contribution in [0.2, 0.25) is 0 Å². The van der Waals surface area contributed by atoms with Gasteiger partial charge in [-0.3, -0.25) is 9.59 Å². The van der Waals surface area contributed by atoms with E-state index in [1.54, 1.807) is 12.1 Å². The Kier molecular flexibility index (Phi) is 6.17. The topological polar surface area (TPSA) is 71.3 Å². The van der Waals surface area contributed by atoms with Gasteiger partial charge in [-0.25, -0.2) is 0 Å². The third kappa shape index (κ3) is 5.13. The molecule has 1 aliphatic rings. The Bertz CT molecular complexity index is 709. The van der Waals surface area contributed by atoms with E-state index in [0.29, 0.717) is 5.25 Å². The fourth-order valence-corrected chi connectivity index (χ4v) is 4.19. The van der Waals surface area contributed by atoms with Gasteiger partial charge >= 0.3 is 0 Å². The SMILES string of the molecule is O=C(CCNC(=O)c1ccco1)Nc1ccccc1SC1CCCC1. The van der Waals surface area contributed by atoms with Crippen molar-refractivity contribution < 1.29 is 14.0 Å². The average molecular weight is 358 g/mol. The molecule has 132 valence electrons. The van der Waals surface area contributed by atoms with Gasteiger partial charge in [0.05, 0.1) is 12.0 Å². The van der Waals surface area contributed by atoms with Crippen molar-refractivity contribution in [2.75, 3.05) is 11.9 Å². The highest BCUT2D eigenvalue weighted by atomic mass is 32.2. The number of carbonyl (C=O) groups excluding carboxylic acids is 2. The monoisotopic (exact) mass is 358 g/mol. The Morgan fingerprint density at radius 1 is 1.12 bits per heavy atom. The molecule has 5 nitrogen and oxygen atoms in total. The highest BCUT2D eigenvalue weighted by Gasteiger charge is 2.18. The second kappa shape index (κ2) is 8.76. The zero-order chi connectivity index (χ0) is 17.5. The maximum absolute atomic E-state index is 12.2. The number of rotatable bonds is 7. The van der Waals surface area contributed by atoms with Crippen LogP contribution < -0.4 is 10.6 Å². The highest BCUT2D eigenvalue weighted by molar-refractivity contribution is 8.00. The second-order valence-electron chi connectivity index (χ2n) is 6.05. The number of hydrogen-bond donors (Lipinski definition) is 2. The predicted molar refractivity (Wildman–Crippen MR) is 98.8 cm³/mol. The molecule has 1 heterocycles. The molecule has 2 aromatic rings. The highest BCUT2D eigenvalue weighted by Crippen LogP contribution is 2.37. The smallest absolute Gasteiger partial charge is 0.286 e. The van der Waals surface area contributed by atoms with Crippen molar-refractivity contribution in [2.45, 2.75) is 42.2 Å². The van der Waals surface area contributed by atoms with Crippen LogP contribution in [0.3, 0.4) is 0 Å². The van der Waals surface area contributed by atoms with Crippen LogP contribution >= 0.6 is 11.8 Å². The summed E-state index contributed by atoms with van der Waals surface area (Å²) in [6, 6.07) is 11.1. The number of thioether (sulfide) groups is 1.